The van der Waals surface area contributed by atoms with Crippen LogP contribution in [0.5, 0.6) is 5.75 Å². The fourth-order valence-corrected chi connectivity index (χ4v) is 2.50. The molecule has 0 saturated heterocycles. The maximum Gasteiger partial charge on any atom is 0.134 e. The van der Waals surface area contributed by atoms with Crippen LogP contribution in [0.25, 0.3) is 0 Å². The van der Waals surface area contributed by atoms with Crippen molar-refractivity contribution in [2.45, 2.75) is 13.3 Å². The van der Waals surface area contributed by atoms with Crippen LogP contribution in [0.15, 0.2) is 95.9 Å². The minimum atomic E-state index is 0.248. The lowest BCUT2D eigenvalue weighted by Crippen LogP contribution is -2.10. The molecule has 0 atom stereocenters. The average Bonchev–Trinajstić information content (AvgIpc) is 2.78. The third-order valence-electron chi connectivity index (χ3n) is 4.17. The van der Waals surface area contributed by atoms with Gasteiger partial charge < -0.3 is 14.3 Å². The Kier molecular flexibility index (Phi) is 9.48. The summed E-state index contributed by atoms with van der Waals surface area (Å²) in [6.45, 7) is 6.54. The number of ether oxygens (including phenoxy) is 2. The van der Waals surface area contributed by atoms with Crippen molar-refractivity contribution in [3.63, 3.8) is 0 Å². The van der Waals surface area contributed by atoms with E-state index in [0.717, 1.165) is 22.4 Å². The highest BCUT2D eigenvalue weighted by Crippen LogP contribution is 2.14. The van der Waals surface area contributed by atoms with E-state index < -0.39 is 0 Å². The molecule has 0 bridgehead atoms. The number of rotatable bonds is 11. The molecule has 0 aliphatic rings. The van der Waals surface area contributed by atoms with Crippen molar-refractivity contribution in [3.8, 4) is 11.8 Å². The first-order valence-corrected chi connectivity index (χ1v) is 9.55. The largest absolute Gasteiger partial charge is 0.489 e. The van der Waals surface area contributed by atoms with Crippen molar-refractivity contribution in [1.82, 2.24) is 0 Å². The number of oxime groups is 1. The second-order valence-electron chi connectivity index (χ2n) is 6.31. The van der Waals surface area contributed by atoms with E-state index in [-0.39, 0.29) is 6.61 Å². The zero-order chi connectivity index (χ0) is 21.6. The Morgan fingerprint density at radius 3 is 2.43 bits per heavy atom. The van der Waals surface area contributed by atoms with Gasteiger partial charge in [0.25, 0.3) is 0 Å². The van der Waals surface area contributed by atoms with E-state index in [1.165, 1.54) is 7.11 Å². The van der Waals surface area contributed by atoms with E-state index in [2.05, 4.69) is 17.8 Å². The smallest absolute Gasteiger partial charge is 0.134 e. The maximum absolute atomic E-state index is 8.73. The molecule has 5 heteroatoms. The number of nitriles is 1. The van der Waals surface area contributed by atoms with E-state index in [9.17, 15) is 0 Å². The summed E-state index contributed by atoms with van der Waals surface area (Å²) in [5.41, 5.74) is 3.56. The fraction of sp³-hybridized carbons (Fsp3) is 0.200. The number of nitrogens with zero attached hydrogens (tertiary/aromatic N) is 2. The Morgan fingerprint density at radius 1 is 1.07 bits per heavy atom. The molecule has 0 spiro atoms. The monoisotopic (exact) mass is 402 g/mol. The first kappa shape index (κ1) is 22.5. The molecule has 0 heterocycles. The summed E-state index contributed by atoms with van der Waals surface area (Å²) in [5.74, 6) is 1.26. The molecular formula is C25H26N2O3. The van der Waals surface area contributed by atoms with Gasteiger partial charge in [0.15, 0.2) is 0 Å². The quantitative estimate of drug-likeness (QED) is 0.224. The Bertz CT molecular complexity index is 937. The summed E-state index contributed by atoms with van der Waals surface area (Å²) >= 11 is 0. The molecule has 0 aliphatic carbocycles. The third-order valence-corrected chi connectivity index (χ3v) is 4.17. The van der Waals surface area contributed by atoms with Gasteiger partial charge in [0.05, 0.1) is 12.5 Å². The maximum atomic E-state index is 8.73. The molecule has 0 fully saturated rings. The standard InChI is InChI=1S/C25H26N2O3/c1-4-21(18-30-24-14-12-22(13-15-24)16-17-26)11-10-20(2)29-19-25(27-28-3)23-8-6-5-7-9-23/h4-15H,2,16,18-19H2,1,3H3. The second kappa shape index (κ2) is 12.6. The van der Waals surface area contributed by atoms with E-state index in [0.29, 0.717) is 24.5 Å². The lowest BCUT2D eigenvalue weighted by atomic mass is 10.1. The van der Waals surface area contributed by atoms with Crippen LogP contribution in [0.3, 0.4) is 0 Å². The first-order chi connectivity index (χ1) is 14.7. The van der Waals surface area contributed by atoms with Crippen LogP contribution in [-0.2, 0) is 16.0 Å². The molecule has 0 N–H and O–H groups in total. The van der Waals surface area contributed by atoms with E-state index in [4.69, 9.17) is 19.6 Å². The van der Waals surface area contributed by atoms with Gasteiger partial charge in [-0.2, -0.15) is 5.26 Å². The summed E-state index contributed by atoms with van der Waals surface area (Å²) < 4.78 is 11.5. The molecule has 2 aromatic carbocycles. The van der Waals surface area contributed by atoms with Gasteiger partial charge in [-0.1, -0.05) is 66.4 Å². The van der Waals surface area contributed by atoms with Crippen molar-refractivity contribution in [2.75, 3.05) is 20.3 Å². The zero-order valence-electron chi connectivity index (χ0n) is 17.4. The third kappa shape index (κ3) is 7.69. The normalized spacial score (nSPS) is 11.8. The van der Waals surface area contributed by atoms with Crippen molar-refractivity contribution in [2.24, 2.45) is 5.16 Å². The Morgan fingerprint density at radius 2 is 1.80 bits per heavy atom. The highest BCUT2D eigenvalue weighted by molar-refractivity contribution is 6.01. The van der Waals surface area contributed by atoms with Crippen molar-refractivity contribution in [1.29, 1.82) is 5.26 Å². The van der Waals surface area contributed by atoms with E-state index in [1.807, 2.05) is 73.7 Å². The molecule has 0 aliphatic heterocycles. The molecule has 0 unspecified atom stereocenters. The molecular weight excluding hydrogens is 376 g/mol. The van der Waals surface area contributed by atoms with Crippen LogP contribution in [0, 0.1) is 11.3 Å². The SMILES string of the molecule is C=C(C=CC(=CC)COc1ccc(CC#N)cc1)OCC(=NOC)c1ccccc1. The van der Waals surface area contributed by atoms with E-state index >= 15 is 0 Å². The minimum Gasteiger partial charge on any atom is -0.489 e. The predicted octanol–water partition coefficient (Wildman–Crippen LogP) is 5.21. The van der Waals surface area contributed by atoms with Gasteiger partial charge in [-0.3, -0.25) is 0 Å². The summed E-state index contributed by atoms with van der Waals surface area (Å²) in [7, 11) is 1.51. The summed E-state index contributed by atoms with van der Waals surface area (Å²) in [5, 5.41) is 12.8. The van der Waals surface area contributed by atoms with Crippen LogP contribution in [-0.4, -0.2) is 26.0 Å². The summed E-state index contributed by atoms with van der Waals surface area (Å²) in [4.78, 5) is 4.92. The first-order valence-electron chi connectivity index (χ1n) is 9.55. The van der Waals surface area contributed by atoms with Crippen LogP contribution in [0.4, 0.5) is 0 Å². The molecule has 0 radical (unpaired) electrons. The van der Waals surface area contributed by atoms with Crippen LogP contribution in [0.2, 0.25) is 0 Å². The predicted molar refractivity (Wildman–Crippen MR) is 119 cm³/mol. The number of hydrogen-bond acceptors (Lipinski definition) is 5. The van der Waals surface area contributed by atoms with Gasteiger partial charge in [-0.15, -0.1) is 0 Å². The number of allylic oxidation sites excluding steroid dienone is 2. The molecule has 0 amide bonds. The Hall–Kier alpha value is -3.78. The molecule has 2 aromatic rings. The van der Waals surface area contributed by atoms with Crippen LogP contribution >= 0.6 is 0 Å². The second-order valence-corrected chi connectivity index (χ2v) is 6.31. The van der Waals surface area contributed by atoms with Crippen molar-refractivity contribution in [3.05, 3.63) is 102 Å². The van der Waals surface area contributed by atoms with Gasteiger partial charge in [-0.25, -0.2) is 0 Å². The average molecular weight is 402 g/mol. The van der Waals surface area contributed by atoms with E-state index in [1.54, 1.807) is 6.08 Å². The Balaban J connectivity index is 1.86. The lowest BCUT2D eigenvalue weighted by Gasteiger charge is -2.09. The van der Waals surface area contributed by atoms with Crippen LogP contribution in [0.1, 0.15) is 18.1 Å². The minimum absolute atomic E-state index is 0.248. The van der Waals surface area contributed by atoms with Gasteiger partial charge in [0.1, 0.15) is 37.5 Å². The molecule has 154 valence electrons. The molecule has 30 heavy (non-hydrogen) atoms. The highest BCUT2D eigenvalue weighted by atomic mass is 16.6. The molecule has 5 nitrogen and oxygen atoms in total. The Labute approximate surface area is 178 Å². The molecule has 0 saturated carbocycles. The van der Waals surface area contributed by atoms with Crippen molar-refractivity contribution < 1.29 is 14.3 Å². The molecule has 0 aromatic heterocycles. The summed E-state index contributed by atoms with van der Waals surface area (Å²) in [6.07, 6.45) is 6.06. The van der Waals surface area contributed by atoms with Gasteiger partial charge in [-0.05, 0) is 36.3 Å². The van der Waals surface area contributed by atoms with Gasteiger partial charge in [0, 0.05) is 5.56 Å². The number of hydrogen-bond donors (Lipinski definition) is 0. The van der Waals surface area contributed by atoms with Crippen LogP contribution < -0.4 is 4.74 Å². The summed E-state index contributed by atoms with van der Waals surface area (Å²) in [6, 6.07) is 19.4. The highest BCUT2D eigenvalue weighted by Gasteiger charge is 2.05. The zero-order valence-corrected chi connectivity index (χ0v) is 17.4. The fourth-order valence-electron chi connectivity index (χ4n) is 2.50. The lowest BCUT2D eigenvalue weighted by molar-refractivity contribution is 0.206. The molecule has 2 rings (SSSR count). The van der Waals surface area contributed by atoms with Gasteiger partial charge >= 0.3 is 0 Å². The topological polar surface area (TPSA) is 63.8 Å². The van der Waals surface area contributed by atoms with Gasteiger partial charge in [0.2, 0.25) is 0 Å². The van der Waals surface area contributed by atoms with Crippen molar-refractivity contribution >= 4 is 5.71 Å². The number of benzene rings is 2.